The molecule has 0 heteroatoms. The van der Waals surface area contributed by atoms with Gasteiger partial charge in [0.25, 0.3) is 0 Å². The van der Waals surface area contributed by atoms with Crippen LogP contribution in [0.15, 0.2) is 30.9 Å². The van der Waals surface area contributed by atoms with E-state index in [1.165, 1.54) is 23.1 Å². The van der Waals surface area contributed by atoms with Gasteiger partial charge in [-0.3, -0.25) is 0 Å². The maximum Gasteiger partial charge on any atom is -0.0242 e. The van der Waals surface area contributed by atoms with E-state index in [1.54, 1.807) is 0 Å². The van der Waals surface area contributed by atoms with E-state index in [9.17, 15) is 0 Å². The maximum absolute atomic E-state index is 3.76. The molecule has 0 saturated carbocycles. The molecule has 0 nitrogen and oxygen atoms in total. The predicted molar refractivity (Wildman–Crippen MR) is 68.2 cm³/mol. The number of allylic oxidation sites excluding steroid dienone is 1. The Morgan fingerprint density at radius 3 is 2.60 bits per heavy atom. The third-order valence-electron chi connectivity index (χ3n) is 2.67. The highest BCUT2D eigenvalue weighted by atomic mass is 14.1. The monoisotopic (exact) mass is 202 g/mol. The lowest BCUT2D eigenvalue weighted by Crippen LogP contribution is -1.96. The minimum absolute atomic E-state index is 0.739. The number of rotatable bonds is 5. The number of benzene rings is 1. The van der Waals surface area contributed by atoms with Crippen LogP contribution in [0.25, 0.3) is 0 Å². The summed E-state index contributed by atoms with van der Waals surface area (Å²) < 4.78 is 0. The van der Waals surface area contributed by atoms with E-state index in [4.69, 9.17) is 0 Å². The van der Waals surface area contributed by atoms with Crippen molar-refractivity contribution in [3.05, 3.63) is 47.5 Å². The highest BCUT2D eigenvalue weighted by Gasteiger charge is 2.01. The van der Waals surface area contributed by atoms with Crippen molar-refractivity contribution >= 4 is 0 Å². The van der Waals surface area contributed by atoms with E-state index in [-0.39, 0.29) is 0 Å². The Kier molecular flexibility index (Phi) is 4.61. The second-order valence-electron chi connectivity index (χ2n) is 4.69. The number of hydrogen-bond donors (Lipinski definition) is 0. The van der Waals surface area contributed by atoms with Crippen LogP contribution < -0.4 is 0 Å². The van der Waals surface area contributed by atoms with Crippen LogP contribution in [-0.2, 0) is 12.8 Å². The molecule has 0 heterocycles. The molecule has 0 spiro atoms. The molecule has 0 unspecified atom stereocenters. The van der Waals surface area contributed by atoms with Crippen LogP contribution in [0, 0.1) is 12.8 Å². The van der Waals surface area contributed by atoms with Crippen molar-refractivity contribution in [2.24, 2.45) is 5.92 Å². The quantitative estimate of drug-likeness (QED) is 0.624. The highest BCUT2D eigenvalue weighted by Crippen LogP contribution is 2.15. The Morgan fingerprint density at radius 1 is 1.33 bits per heavy atom. The average molecular weight is 202 g/mol. The molecule has 0 atom stereocenters. The molecule has 0 saturated heterocycles. The largest absolute Gasteiger partial charge is 0.103 e. The number of hydrogen-bond acceptors (Lipinski definition) is 0. The van der Waals surface area contributed by atoms with Crippen molar-refractivity contribution in [3.63, 3.8) is 0 Å². The minimum atomic E-state index is 0.739. The summed E-state index contributed by atoms with van der Waals surface area (Å²) in [4.78, 5) is 0. The van der Waals surface area contributed by atoms with Gasteiger partial charge in [0.2, 0.25) is 0 Å². The molecule has 0 aliphatic rings. The van der Waals surface area contributed by atoms with Gasteiger partial charge in [0.15, 0.2) is 0 Å². The SMILES string of the molecule is C=CCCc1ccc(CC(C)C)cc1C. The Labute approximate surface area is 94.0 Å². The van der Waals surface area contributed by atoms with Crippen LogP contribution in [0.3, 0.4) is 0 Å². The van der Waals surface area contributed by atoms with Crippen molar-refractivity contribution in [2.75, 3.05) is 0 Å². The fraction of sp³-hybridized carbons (Fsp3) is 0.467. The van der Waals surface area contributed by atoms with E-state index in [0.717, 1.165) is 18.8 Å². The van der Waals surface area contributed by atoms with Crippen LogP contribution in [0.2, 0.25) is 0 Å². The van der Waals surface area contributed by atoms with E-state index in [2.05, 4.69) is 45.5 Å². The summed E-state index contributed by atoms with van der Waals surface area (Å²) in [5, 5.41) is 0. The van der Waals surface area contributed by atoms with E-state index in [0.29, 0.717) is 0 Å². The zero-order valence-corrected chi connectivity index (χ0v) is 10.2. The smallest absolute Gasteiger partial charge is 0.0242 e. The van der Waals surface area contributed by atoms with Crippen LogP contribution in [0.4, 0.5) is 0 Å². The second-order valence-corrected chi connectivity index (χ2v) is 4.69. The third-order valence-corrected chi connectivity index (χ3v) is 2.67. The van der Waals surface area contributed by atoms with Crippen molar-refractivity contribution in [2.45, 2.75) is 40.0 Å². The van der Waals surface area contributed by atoms with Gasteiger partial charge in [-0.05, 0) is 48.8 Å². The van der Waals surface area contributed by atoms with E-state index in [1.807, 2.05) is 6.08 Å². The Hall–Kier alpha value is -1.04. The van der Waals surface area contributed by atoms with Gasteiger partial charge in [0, 0.05) is 0 Å². The molecule has 0 N–H and O–H groups in total. The Balaban J connectivity index is 2.73. The summed E-state index contributed by atoms with van der Waals surface area (Å²) in [6.07, 6.45) is 5.37. The molecule has 1 aromatic rings. The topological polar surface area (TPSA) is 0 Å². The van der Waals surface area contributed by atoms with Crippen LogP contribution in [-0.4, -0.2) is 0 Å². The lowest BCUT2D eigenvalue weighted by atomic mass is 9.97. The Morgan fingerprint density at radius 2 is 2.07 bits per heavy atom. The zero-order chi connectivity index (χ0) is 11.3. The minimum Gasteiger partial charge on any atom is -0.103 e. The van der Waals surface area contributed by atoms with Gasteiger partial charge < -0.3 is 0 Å². The van der Waals surface area contributed by atoms with Gasteiger partial charge in [0.1, 0.15) is 0 Å². The molecule has 0 aromatic heterocycles. The van der Waals surface area contributed by atoms with Crippen LogP contribution in [0.1, 0.15) is 37.0 Å². The molecular weight excluding hydrogens is 180 g/mol. The molecular formula is C15H22. The summed E-state index contributed by atoms with van der Waals surface area (Å²) in [6, 6.07) is 6.88. The molecule has 0 amide bonds. The zero-order valence-electron chi connectivity index (χ0n) is 10.2. The molecule has 1 aromatic carbocycles. The number of aryl methyl sites for hydroxylation is 2. The van der Waals surface area contributed by atoms with Gasteiger partial charge in [-0.25, -0.2) is 0 Å². The standard InChI is InChI=1S/C15H22/c1-5-6-7-15-9-8-14(10-12(2)3)11-13(15)4/h5,8-9,11-12H,1,6-7,10H2,2-4H3. The molecule has 0 aliphatic heterocycles. The van der Waals surface area contributed by atoms with E-state index >= 15 is 0 Å². The first-order valence-electron chi connectivity index (χ1n) is 5.82. The summed E-state index contributed by atoms with van der Waals surface area (Å²) in [6.45, 7) is 10.5. The summed E-state index contributed by atoms with van der Waals surface area (Å²) in [5.41, 5.74) is 4.35. The molecule has 82 valence electrons. The summed E-state index contributed by atoms with van der Waals surface area (Å²) in [7, 11) is 0. The fourth-order valence-corrected chi connectivity index (χ4v) is 1.89. The lowest BCUT2D eigenvalue weighted by molar-refractivity contribution is 0.646. The van der Waals surface area contributed by atoms with Gasteiger partial charge in [-0.1, -0.05) is 38.1 Å². The fourth-order valence-electron chi connectivity index (χ4n) is 1.89. The van der Waals surface area contributed by atoms with Gasteiger partial charge >= 0.3 is 0 Å². The first-order valence-corrected chi connectivity index (χ1v) is 5.82. The third kappa shape index (κ3) is 3.91. The van der Waals surface area contributed by atoms with Crippen molar-refractivity contribution in [3.8, 4) is 0 Å². The molecule has 0 radical (unpaired) electrons. The predicted octanol–water partition coefficient (Wildman–Crippen LogP) is 4.31. The highest BCUT2D eigenvalue weighted by molar-refractivity contribution is 5.31. The molecule has 15 heavy (non-hydrogen) atoms. The molecule has 0 bridgehead atoms. The Bertz CT molecular complexity index is 321. The van der Waals surface area contributed by atoms with Crippen molar-refractivity contribution < 1.29 is 0 Å². The van der Waals surface area contributed by atoms with E-state index < -0.39 is 0 Å². The van der Waals surface area contributed by atoms with Gasteiger partial charge in [-0.2, -0.15) is 0 Å². The van der Waals surface area contributed by atoms with Gasteiger partial charge in [0.05, 0.1) is 0 Å². The van der Waals surface area contributed by atoms with Crippen molar-refractivity contribution in [1.29, 1.82) is 0 Å². The maximum atomic E-state index is 3.76. The van der Waals surface area contributed by atoms with Gasteiger partial charge in [-0.15, -0.1) is 6.58 Å². The molecule has 0 aliphatic carbocycles. The van der Waals surface area contributed by atoms with Crippen molar-refractivity contribution in [1.82, 2.24) is 0 Å². The van der Waals surface area contributed by atoms with Crippen LogP contribution >= 0.6 is 0 Å². The average Bonchev–Trinajstić information content (AvgIpc) is 2.15. The van der Waals surface area contributed by atoms with Crippen LogP contribution in [0.5, 0.6) is 0 Å². The lowest BCUT2D eigenvalue weighted by Gasteiger charge is -2.09. The molecule has 0 fully saturated rings. The summed E-state index contributed by atoms with van der Waals surface area (Å²) in [5.74, 6) is 0.739. The second kappa shape index (κ2) is 5.75. The first-order chi connectivity index (χ1) is 7.13. The first kappa shape index (κ1) is 12.0. The summed E-state index contributed by atoms with van der Waals surface area (Å²) >= 11 is 0. The normalized spacial score (nSPS) is 10.7. The molecule has 1 rings (SSSR count).